The quantitative estimate of drug-likeness (QED) is 0.420. The molecule has 2 aliphatic heterocycles. The van der Waals surface area contributed by atoms with E-state index in [0.717, 1.165) is 44.6 Å². The van der Waals surface area contributed by atoms with Gasteiger partial charge in [-0.25, -0.2) is 20.0 Å². The van der Waals surface area contributed by atoms with Gasteiger partial charge in [0.1, 0.15) is 0 Å². The van der Waals surface area contributed by atoms with Crippen LogP contribution in [0.1, 0.15) is 11.4 Å². The van der Waals surface area contributed by atoms with Crippen molar-refractivity contribution in [1.82, 2.24) is 9.97 Å². The van der Waals surface area contributed by atoms with E-state index >= 15 is 0 Å². The summed E-state index contributed by atoms with van der Waals surface area (Å²) in [6.45, 7) is 0. The average Bonchev–Trinajstić information content (AvgIpc) is 3.24. The van der Waals surface area contributed by atoms with Gasteiger partial charge in [-0.1, -0.05) is 36.4 Å². The second-order valence-corrected chi connectivity index (χ2v) is 5.78. The number of fused-ring (bicyclic) bond motifs is 10. The van der Waals surface area contributed by atoms with Gasteiger partial charge in [0.15, 0.2) is 11.6 Å². The second kappa shape index (κ2) is 5.06. The molecule has 0 unspecified atom stereocenters. The van der Waals surface area contributed by atoms with Crippen LogP contribution < -0.4 is 0 Å². The minimum Gasteiger partial charge on any atom is -0.234 e. The highest BCUT2D eigenvalue weighted by atomic mass is 15.0. The van der Waals surface area contributed by atoms with E-state index in [0.29, 0.717) is 0 Å². The van der Waals surface area contributed by atoms with Crippen molar-refractivity contribution < 1.29 is 0 Å². The Morgan fingerprint density at radius 1 is 0.542 bits per heavy atom. The van der Waals surface area contributed by atoms with Gasteiger partial charge in [0.25, 0.3) is 0 Å². The fourth-order valence-electron chi connectivity index (χ4n) is 2.91. The molecule has 0 radical (unpaired) electrons. The smallest absolute Gasteiger partial charge is 0.159 e. The van der Waals surface area contributed by atoms with Crippen LogP contribution in [-0.4, -0.2) is 22.4 Å². The number of hydrogen-bond acceptors (Lipinski definition) is 4. The van der Waals surface area contributed by atoms with Crippen molar-refractivity contribution in [2.75, 3.05) is 0 Å². The first-order chi connectivity index (χ1) is 11.8. The van der Waals surface area contributed by atoms with E-state index in [1.165, 1.54) is 0 Å². The lowest BCUT2D eigenvalue weighted by Gasteiger charge is -1.94. The largest absolute Gasteiger partial charge is 0.234 e. The van der Waals surface area contributed by atoms with Crippen molar-refractivity contribution >= 4 is 45.6 Å². The Bertz CT molecular complexity index is 1070. The van der Waals surface area contributed by atoms with Gasteiger partial charge < -0.3 is 0 Å². The van der Waals surface area contributed by atoms with Crippen LogP contribution in [0.2, 0.25) is 0 Å². The van der Waals surface area contributed by atoms with Crippen LogP contribution in [0.4, 0.5) is 11.6 Å². The maximum atomic E-state index is 4.63. The van der Waals surface area contributed by atoms with Crippen LogP contribution in [-0.2, 0) is 0 Å². The van der Waals surface area contributed by atoms with E-state index in [2.05, 4.69) is 32.1 Å². The van der Waals surface area contributed by atoms with Crippen LogP contribution in [0.25, 0.3) is 21.5 Å². The van der Waals surface area contributed by atoms with Gasteiger partial charge in [-0.2, -0.15) is 0 Å². The van der Waals surface area contributed by atoms with Gasteiger partial charge in [0.05, 0.1) is 23.8 Å². The van der Waals surface area contributed by atoms with Crippen LogP contribution in [0, 0.1) is 0 Å². The van der Waals surface area contributed by atoms with Crippen molar-refractivity contribution in [3.8, 4) is 0 Å². The molecule has 0 N–H and O–H groups in total. The number of hydrogen-bond donors (Lipinski definition) is 0. The lowest BCUT2D eigenvalue weighted by Crippen LogP contribution is -1.78. The topological polar surface area (TPSA) is 50.5 Å². The zero-order valence-corrected chi connectivity index (χ0v) is 12.7. The molecule has 5 rings (SSSR count). The summed E-state index contributed by atoms with van der Waals surface area (Å²) < 4.78 is 0. The fraction of sp³-hybridized carbons (Fsp3) is 0. The highest BCUT2D eigenvalue weighted by Crippen LogP contribution is 2.24. The molecule has 0 amide bonds. The second-order valence-electron chi connectivity index (χ2n) is 5.78. The average molecular weight is 308 g/mol. The van der Waals surface area contributed by atoms with E-state index in [1.54, 1.807) is 12.4 Å². The van der Waals surface area contributed by atoms with Gasteiger partial charge >= 0.3 is 0 Å². The molecule has 1 aromatic heterocycles. The Balaban J connectivity index is 1.96. The Morgan fingerprint density at radius 3 is 1.54 bits per heavy atom. The molecule has 0 aliphatic carbocycles. The molecule has 3 aromatic rings. The molecule has 0 spiro atoms. The molecule has 3 heterocycles. The lowest BCUT2D eigenvalue weighted by atomic mass is 10.2. The zero-order chi connectivity index (χ0) is 15.9. The number of benzene rings is 2. The Morgan fingerprint density at radius 2 is 1.04 bits per heavy atom. The van der Waals surface area contributed by atoms with Crippen molar-refractivity contribution in [3.63, 3.8) is 0 Å². The maximum absolute atomic E-state index is 4.63. The summed E-state index contributed by atoms with van der Waals surface area (Å²) in [5, 5.41) is 4.10. The van der Waals surface area contributed by atoms with Gasteiger partial charge in [0.2, 0.25) is 0 Å². The summed E-state index contributed by atoms with van der Waals surface area (Å²) in [6, 6.07) is 20.3. The third-order valence-electron chi connectivity index (χ3n) is 4.03. The molecular weight excluding hydrogens is 296 g/mol. The predicted octanol–water partition coefficient (Wildman–Crippen LogP) is 4.60. The molecule has 4 heteroatoms. The number of aliphatic imine (C=N–C) groups is 2. The number of nitrogens with zero attached hydrogens (tertiary/aromatic N) is 4. The summed E-state index contributed by atoms with van der Waals surface area (Å²) in [5.74, 6) is 1.47. The minimum atomic E-state index is 0.735. The standard InChI is InChI=1S/C20H12N4/c1-3-13-7-15(5-1)19-21-12-18(23-19)10-14-4-2-6-16(8-14)20-22-11-17(9-13)24-20/h1-12H. The Hall–Kier alpha value is -3.40. The van der Waals surface area contributed by atoms with Crippen molar-refractivity contribution in [2.24, 2.45) is 9.98 Å². The third-order valence-corrected chi connectivity index (χ3v) is 4.03. The molecular formula is C20H12N4. The fourth-order valence-corrected chi connectivity index (χ4v) is 2.91. The molecule has 4 nitrogen and oxygen atoms in total. The van der Waals surface area contributed by atoms with E-state index in [4.69, 9.17) is 0 Å². The maximum Gasteiger partial charge on any atom is 0.159 e. The summed E-state index contributed by atoms with van der Waals surface area (Å²) in [6.07, 6.45) is 3.60. The summed E-state index contributed by atoms with van der Waals surface area (Å²) in [5.41, 5.74) is 1.69. The molecule has 24 heavy (non-hydrogen) atoms. The molecule has 0 saturated carbocycles. The van der Waals surface area contributed by atoms with Gasteiger partial charge in [-0.15, -0.1) is 0 Å². The minimum absolute atomic E-state index is 0.735. The van der Waals surface area contributed by atoms with Crippen LogP contribution in [0.3, 0.4) is 0 Å². The van der Waals surface area contributed by atoms with Crippen molar-refractivity contribution in [1.29, 1.82) is 0 Å². The van der Waals surface area contributed by atoms with Crippen LogP contribution in [0.5, 0.6) is 0 Å². The van der Waals surface area contributed by atoms with E-state index < -0.39 is 0 Å². The first kappa shape index (κ1) is 13.1. The predicted molar refractivity (Wildman–Crippen MR) is 98.0 cm³/mol. The molecule has 8 bridgehead atoms. The molecule has 2 aliphatic rings. The Labute approximate surface area is 138 Å². The summed E-state index contributed by atoms with van der Waals surface area (Å²) in [4.78, 5) is 18.2. The van der Waals surface area contributed by atoms with Gasteiger partial charge in [0, 0.05) is 10.8 Å². The number of rotatable bonds is 0. The van der Waals surface area contributed by atoms with Crippen LogP contribution >= 0.6 is 0 Å². The first-order valence-corrected chi connectivity index (χ1v) is 7.73. The highest BCUT2D eigenvalue weighted by Gasteiger charge is 2.05. The summed E-state index contributed by atoms with van der Waals surface area (Å²) in [7, 11) is 0. The SMILES string of the molecule is C1=Nc2nc1cc1cccc(c1)c1nc(cc3cccc2c3)C=N1. The normalized spacial score (nSPS) is 12.7. The molecule has 112 valence electrons. The molecule has 0 saturated heterocycles. The zero-order valence-electron chi connectivity index (χ0n) is 12.7. The molecule has 2 aromatic carbocycles. The monoisotopic (exact) mass is 308 g/mol. The highest BCUT2D eigenvalue weighted by molar-refractivity contribution is 5.92. The molecule has 0 fully saturated rings. The Kier molecular flexibility index (Phi) is 2.76. The van der Waals surface area contributed by atoms with Gasteiger partial charge in [-0.3, -0.25) is 0 Å². The van der Waals surface area contributed by atoms with E-state index in [1.807, 2.05) is 48.5 Å². The lowest BCUT2D eigenvalue weighted by molar-refractivity contribution is 1.35. The van der Waals surface area contributed by atoms with E-state index in [-0.39, 0.29) is 0 Å². The first-order valence-electron chi connectivity index (χ1n) is 7.73. The van der Waals surface area contributed by atoms with Gasteiger partial charge in [-0.05, 0) is 35.0 Å². The summed E-state index contributed by atoms with van der Waals surface area (Å²) >= 11 is 0. The number of aromatic nitrogens is 2. The van der Waals surface area contributed by atoms with Crippen molar-refractivity contribution in [3.05, 3.63) is 72.1 Å². The molecule has 0 atom stereocenters. The van der Waals surface area contributed by atoms with Crippen molar-refractivity contribution in [2.45, 2.75) is 0 Å². The van der Waals surface area contributed by atoms with E-state index in [9.17, 15) is 0 Å². The van der Waals surface area contributed by atoms with Crippen LogP contribution in [0.15, 0.2) is 70.6 Å². The third kappa shape index (κ3) is 2.25.